The molecule has 0 aliphatic rings. The van der Waals surface area contributed by atoms with E-state index in [-0.39, 0.29) is 0 Å². The van der Waals surface area contributed by atoms with Gasteiger partial charge in [0, 0.05) is 36.8 Å². The van der Waals surface area contributed by atoms with Gasteiger partial charge in [0.1, 0.15) is 5.82 Å². The van der Waals surface area contributed by atoms with E-state index < -0.39 is 0 Å². The number of aryl methyl sites for hydroxylation is 1. The Kier molecular flexibility index (Phi) is 2.65. The summed E-state index contributed by atoms with van der Waals surface area (Å²) in [6.07, 6.45) is 5.57. The molecule has 0 radical (unpaired) electrons. The van der Waals surface area contributed by atoms with Crippen LogP contribution in [-0.4, -0.2) is 14.5 Å². The Hall–Kier alpha value is -2.42. The van der Waals surface area contributed by atoms with Crippen molar-refractivity contribution in [2.45, 2.75) is 0 Å². The van der Waals surface area contributed by atoms with Crippen LogP contribution in [-0.2, 0) is 7.05 Å². The first kappa shape index (κ1) is 10.7. The lowest BCUT2D eigenvalue weighted by Gasteiger charge is -2.05. The molecule has 3 heteroatoms. The molecule has 3 rings (SSSR count). The molecule has 0 saturated carbocycles. The van der Waals surface area contributed by atoms with Crippen LogP contribution >= 0.6 is 0 Å². The average molecular weight is 235 g/mol. The highest BCUT2D eigenvalue weighted by Crippen LogP contribution is 2.22. The van der Waals surface area contributed by atoms with Crippen LogP contribution in [0.5, 0.6) is 0 Å². The van der Waals surface area contributed by atoms with Crippen LogP contribution in [0.25, 0.3) is 22.6 Å². The molecule has 0 aliphatic carbocycles. The number of aromatic nitrogens is 3. The van der Waals surface area contributed by atoms with E-state index in [4.69, 9.17) is 0 Å². The number of hydrogen-bond acceptors (Lipinski definition) is 2. The predicted octanol–water partition coefficient (Wildman–Crippen LogP) is 3.15. The van der Waals surface area contributed by atoms with E-state index in [2.05, 4.69) is 28.2 Å². The monoisotopic (exact) mass is 235 g/mol. The lowest BCUT2D eigenvalue weighted by Crippen LogP contribution is -1.92. The molecule has 0 aliphatic heterocycles. The number of benzene rings is 1. The number of hydrogen-bond donors (Lipinski definition) is 0. The van der Waals surface area contributed by atoms with E-state index in [0.29, 0.717) is 0 Å². The van der Waals surface area contributed by atoms with Crippen molar-refractivity contribution >= 4 is 0 Å². The lowest BCUT2D eigenvalue weighted by molar-refractivity contribution is 0.924. The summed E-state index contributed by atoms with van der Waals surface area (Å²) < 4.78 is 2.00. The molecule has 3 nitrogen and oxygen atoms in total. The third-order valence-electron chi connectivity index (χ3n) is 2.91. The molecule has 0 amide bonds. The van der Waals surface area contributed by atoms with E-state index in [0.717, 1.165) is 22.6 Å². The van der Waals surface area contributed by atoms with Crippen molar-refractivity contribution < 1.29 is 0 Å². The topological polar surface area (TPSA) is 30.7 Å². The van der Waals surface area contributed by atoms with E-state index in [1.54, 1.807) is 6.20 Å². The summed E-state index contributed by atoms with van der Waals surface area (Å²) in [7, 11) is 1.99. The molecule has 2 aromatic heterocycles. The molecule has 18 heavy (non-hydrogen) atoms. The second-order valence-electron chi connectivity index (χ2n) is 4.16. The van der Waals surface area contributed by atoms with Gasteiger partial charge in [-0.2, -0.15) is 0 Å². The molecule has 0 N–H and O–H groups in total. The molecule has 0 atom stereocenters. The van der Waals surface area contributed by atoms with E-state index in [1.165, 1.54) is 0 Å². The van der Waals surface area contributed by atoms with Gasteiger partial charge in [0.2, 0.25) is 0 Å². The largest absolute Gasteiger partial charge is 0.334 e. The Morgan fingerprint density at radius 3 is 2.44 bits per heavy atom. The van der Waals surface area contributed by atoms with E-state index >= 15 is 0 Å². The minimum Gasteiger partial charge on any atom is -0.334 e. The van der Waals surface area contributed by atoms with Crippen LogP contribution in [0, 0.1) is 0 Å². The number of imidazole rings is 1. The fourth-order valence-electron chi connectivity index (χ4n) is 1.98. The molecule has 88 valence electrons. The van der Waals surface area contributed by atoms with Gasteiger partial charge in [0.15, 0.2) is 0 Å². The summed E-state index contributed by atoms with van der Waals surface area (Å²) in [6.45, 7) is 0. The van der Waals surface area contributed by atoms with Crippen molar-refractivity contribution in [2.24, 2.45) is 7.05 Å². The highest BCUT2D eigenvalue weighted by atomic mass is 15.0. The van der Waals surface area contributed by atoms with Crippen LogP contribution in [0.2, 0.25) is 0 Å². The van der Waals surface area contributed by atoms with Crippen molar-refractivity contribution in [1.29, 1.82) is 0 Å². The van der Waals surface area contributed by atoms with Gasteiger partial charge in [-0.1, -0.05) is 30.3 Å². The molecule has 0 unspecified atom stereocenters. The molecule has 0 bridgehead atoms. The van der Waals surface area contributed by atoms with Gasteiger partial charge >= 0.3 is 0 Å². The minimum absolute atomic E-state index is 0.953. The Labute approximate surface area is 106 Å². The SMILES string of the molecule is Cn1ccnc1-c1ccnc(-c2ccccc2)c1. The second kappa shape index (κ2) is 4.45. The molecule has 0 spiro atoms. The summed E-state index contributed by atoms with van der Waals surface area (Å²) in [5, 5.41) is 0. The second-order valence-corrected chi connectivity index (χ2v) is 4.16. The summed E-state index contributed by atoms with van der Waals surface area (Å²) in [5.74, 6) is 0.953. The fourth-order valence-corrected chi connectivity index (χ4v) is 1.98. The van der Waals surface area contributed by atoms with Crippen LogP contribution in [0.3, 0.4) is 0 Å². The molecule has 2 heterocycles. The first-order chi connectivity index (χ1) is 8.84. The van der Waals surface area contributed by atoms with Gasteiger partial charge in [-0.3, -0.25) is 4.98 Å². The van der Waals surface area contributed by atoms with Crippen molar-refractivity contribution in [1.82, 2.24) is 14.5 Å². The number of nitrogens with zero attached hydrogens (tertiary/aromatic N) is 3. The van der Waals surface area contributed by atoms with Crippen LogP contribution in [0.4, 0.5) is 0 Å². The highest BCUT2D eigenvalue weighted by molar-refractivity contribution is 5.66. The van der Waals surface area contributed by atoms with Crippen molar-refractivity contribution in [3.8, 4) is 22.6 Å². The Morgan fingerprint density at radius 1 is 0.889 bits per heavy atom. The van der Waals surface area contributed by atoms with Crippen LogP contribution in [0.15, 0.2) is 61.1 Å². The van der Waals surface area contributed by atoms with Crippen molar-refractivity contribution in [2.75, 3.05) is 0 Å². The van der Waals surface area contributed by atoms with Gasteiger partial charge in [0.25, 0.3) is 0 Å². The Balaban J connectivity index is 2.08. The molecular formula is C15H13N3. The van der Waals surface area contributed by atoms with Gasteiger partial charge < -0.3 is 4.57 Å². The van der Waals surface area contributed by atoms with Gasteiger partial charge in [0.05, 0.1) is 5.69 Å². The molecule has 3 aromatic rings. The fraction of sp³-hybridized carbons (Fsp3) is 0.0667. The van der Waals surface area contributed by atoms with Gasteiger partial charge in [-0.05, 0) is 12.1 Å². The minimum atomic E-state index is 0.953. The third-order valence-corrected chi connectivity index (χ3v) is 2.91. The highest BCUT2D eigenvalue weighted by Gasteiger charge is 2.05. The molecular weight excluding hydrogens is 222 g/mol. The first-order valence-electron chi connectivity index (χ1n) is 5.84. The van der Waals surface area contributed by atoms with Crippen molar-refractivity contribution in [3.05, 3.63) is 61.1 Å². The third kappa shape index (κ3) is 1.91. The van der Waals surface area contributed by atoms with Gasteiger partial charge in [-0.15, -0.1) is 0 Å². The normalized spacial score (nSPS) is 10.5. The zero-order valence-corrected chi connectivity index (χ0v) is 10.1. The quantitative estimate of drug-likeness (QED) is 0.683. The number of rotatable bonds is 2. The Morgan fingerprint density at radius 2 is 1.72 bits per heavy atom. The molecule has 0 fully saturated rings. The maximum absolute atomic E-state index is 4.41. The predicted molar refractivity (Wildman–Crippen MR) is 71.9 cm³/mol. The molecule has 1 aromatic carbocycles. The lowest BCUT2D eigenvalue weighted by atomic mass is 10.1. The first-order valence-corrected chi connectivity index (χ1v) is 5.84. The summed E-state index contributed by atoms with van der Waals surface area (Å²) in [5.41, 5.74) is 3.17. The standard InChI is InChI=1S/C15H13N3/c1-18-10-9-17-15(18)13-7-8-16-14(11-13)12-5-3-2-4-6-12/h2-11H,1H3. The maximum Gasteiger partial charge on any atom is 0.139 e. The average Bonchev–Trinajstić information content (AvgIpc) is 2.86. The van der Waals surface area contributed by atoms with Gasteiger partial charge in [-0.25, -0.2) is 4.98 Å². The van der Waals surface area contributed by atoms with E-state index in [1.807, 2.05) is 48.3 Å². The summed E-state index contributed by atoms with van der Waals surface area (Å²) in [6, 6.07) is 14.2. The number of pyridine rings is 1. The zero-order valence-electron chi connectivity index (χ0n) is 10.1. The zero-order chi connectivity index (χ0) is 12.4. The summed E-state index contributed by atoms with van der Waals surface area (Å²) in [4.78, 5) is 8.77. The van der Waals surface area contributed by atoms with Crippen LogP contribution < -0.4 is 0 Å². The smallest absolute Gasteiger partial charge is 0.139 e. The van der Waals surface area contributed by atoms with Crippen molar-refractivity contribution in [3.63, 3.8) is 0 Å². The van der Waals surface area contributed by atoms with Crippen LogP contribution in [0.1, 0.15) is 0 Å². The van der Waals surface area contributed by atoms with E-state index in [9.17, 15) is 0 Å². The Bertz CT molecular complexity index is 656. The maximum atomic E-state index is 4.41. The molecule has 0 saturated heterocycles. The summed E-state index contributed by atoms with van der Waals surface area (Å²) >= 11 is 0.